The molecule has 0 radical (unpaired) electrons. The van der Waals surface area contributed by atoms with Crippen LogP contribution in [0.25, 0.3) is 5.70 Å². The van der Waals surface area contributed by atoms with Crippen molar-refractivity contribution in [3.8, 4) is 6.07 Å². The van der Waals surface area contributed by atoms with Crippen LogP contribution in [0.5, 0.6) is 0 Å². The quantitative estimate of drug-likeness (QED) is 0.797. The van der Waals surface area contributed by atoms with Gasteiger partial charge in [0.2, 0.25) is 0 Å². The Morgan fingerprint density at radius 3 is 2.71 bits per heavy atom. The first-order chi connectivity index (χ1) is 6.56. The van der Waals surface area contributed by atoms with Crippen LogP contribution in [0.15, 0.2) is 28.2 Å². The minimum Gasteiger partial charge on any atom is -0.397 e. The molecule has 0 heterocycles. The van der Waals surface area contributed by atoms with Crippen LogP contribution in [-0.4, -0.2) is 0 Å². The van der Waals surface area contributed by atoms with E-state index in [1.54, 1.807) is 19.1 Å². The summed E-state index contributed by atoms with van der Waals surface area (Å²) in [7, 11) is 0. The lowest BCUT2D eigenvalue weighted by atomic mass is 10.1. The molecule has 2 nitrogen and oxygen atoms in total. The Hall–Kier alpha value is -0.980. The Bertz CT molecular complexity index is 432. The molecule has 1 rings (SSSR count). The Morgan fingerprint density at radius 1 is 1.57 bits per heavy atom. The first-order valence-corrected chi connectivity index (χ1v) is 5.05. The summed E-state index contributed by atoms with van der Waals surface area (Å²) < 4.78 is 0.883. The Labute approximate surface area is 96.1 Å². The first kappa shape index (κ1) is 11.1. The molecule has 0 saturated carbocycles. The van der Waals surface area contributed by atoms with Gasteiger partial charge in [-0.1, -0.05) is 33.6 Å². The van der Waals surface area contributed by atoms with E-state index in [-0.39, 0.29) is 0 Å². The lowest BCUT2D eigenvalue weighted by molar-refractivity contribution is 1.39. The zero-order valence-electron chi connectivity index (χ0n) is 7.51. The molecule has 0 aliphatic carbocycles. The Kier molecular flexibility index (Phi) is 3.56. The van der Waals surface area contributed by atoms with Crippen molar-refractivity contribution < 1.29 is 0 Å². The summed E-state index contributed by atoms with van der Waals surface area (Å²) in [5.41, 5.74) is 7.33. The van der Waals surface area contributed by atoms with Crippen LogP contribution in [0.4, 0.5) is 0 Å². The highest BCUT2D eigenvalue weighted by atomic mass is 79.9. The van der Waals surface area contributed by atoms with Crippen molar-refractivity contribution in [3.05, 3.63) is 38.8 Å². The normalized spacial score (nSPS) is 11.9. The summed E-state index contributed by atoms with van der Waals surface area (Å²) in [4.78, 5) is 0. The smallest absolute Gasteiger partial charge is 0.0965 e. The minimum absolute atomic E-state index is 0.421. The molecule has 0 fully saturated rings. The van der Waals surface area contributed by atoms with E-state index in [4.69, 9.17) is 22.6 Å². The van der Waals surface area contributed by atoms with E-state index in [9.17, 15) is 0 Å². The lowest BCUT2D eigenvalue weighted by Gasteiger charge is -2.05. The molecule has 0 amide bonds. The number of halogens is 2. The fraction of sp³-hybridized carbons (Fsp3) is 0.100. The summed E-state index contributed by atoms with van der Waals surface area (Å²) in [6, 6.07) is 7.35. The highest BCUT2D eigenvalue weighted by Gasteiger charge is 2.06. The molecule has 14 heavy (non-hydrogen) atoms. The first-order valence-electron chi connectivity index (χ1n) is 3.88. The largest absolute Gasteiger partial charge is 0.397 e. The van der Waals surface area contributed by atoms with Crippen LogP contribution in [0, 0.1) is 11.3 Å². The van der Waals surface area contributed by atoms with Gasteiger partial charge in [-0.15, -0.1) is 0 Å². The second-order valence-corrected chi connectivity index (χ2v) is 4.10. The van der Waals surface area contributed by atoms with E-state index in [2.05, 4.69) is 15.9 Å². The molecule has 0 atom stereocenters. The minimum atomic E-state index is 0.421. The monoisotopic (exact) mass is 270 g/mol. The molecule has 0 spiro atoms. The van der Waals surface area contributed by atoms with Crippen LogP contribution in [0.1, 0.15) is 12.5 Å². The Morgan fingerprint density at radius 2 is 2.21 bits per heavy atom. The topological polar surface area (TPSA) is 49.8 Å². The van der Waals surface area contributed by atoms with Crippen LogP contribution in [0.2, 0.25) is 5.02 Å². The molecule has 0 saturated heterocycles. The van der Waals surface area contributed by atoms with Crippen LogP contribution in [0.3, 0.4) is 0 Å². The lowest BCUT2D eigenvalue weighted by Crippen LogP contribution is -1.99. The van der Waals surface area contributed by atoms with Gasteiger partial charge in [-0.25, -0.2) is 0 Å². The summed E-state index contributed by atoms with van der Waals surface area (Å²) in [6.07, 6.45) is 0. The molecule has 1 aromatic rings. The highest BCUT2D eigenvalue weighted by Crippen LogP contribution is 2.26. The van der Waals surface area contributed by atoms with E-state index in [1.165, 1.54) is 0 Å². The van der Waals surface area contributed by atoms with Gasteiger partial charge in [-0.05, 0) is 19.1 Å². The third-order valence-corrected chi connectivity index (χ3v) is 2.60. The third-order valence-electron chi connectivity index (χ3n) is 1.79. The van der Waals surface area contributed by atoms with Crippen LogP contribution in [-0.2, 0) is 0 Å². The number of allylic oxidation sites excluding steroid dienone is 1. The molecule has 0 aliphatic rings. The zero-order valence-corrected chi connectivity index (χ0v) is 9.85. The molecule has 72 valence electrons. The van der Waals surface area contributed by atoms with E-state index >= 15 is 0 Å². The van der Waals surface area contributed by atoms with E-state index in [0.717, 1.165) is 4.47 Å². The van der Waals surface area contributed by atoms with Gasteiger partial charge >= 0.3 is 0 Å². The molecular formula is C10H8BrClN2. The van der Waals surface area contributed by atoms with Crippen LogP contribution < -0.4 is 5.73 Å². The second kappa shape index (κ2) is 4.50. The molecule has 0 aliphatic heterocycles. The van der Waals surface area contributed by atoms with Gasteiger partial charge in [0.15, 0.2) is 0 Å². The number of benzene rings is 1. The highest BCUT2D eigenvalue weighted by molar-refractivity contribution is 9.10. The zero-order chi connectivity index (χ0) is 10.7. The third kappa shape index (κ3) is 2.28. The number of nitrogens with two attached hydrogens (primary N) is 1. The van der Waals surface area contributed by atoms with Crippen molar-refractivity contribution in [3.63, 3.8) is 0 Å². The van der Waals surface area contributed by atoms with Crippen molar-refractivity contribution in [2.75, 3.05) is 0 Å². The second-order valence-electron chi connectivity index (χ2n) is 2.77. The van der Waals surface area contributed by atoms with Gasteiger partial charge < -0.3 is 5.73 Å². The van der Waals surface area contributed by atoms with Crippen molar-refractivity contribution in [2.24, 2.45) is 5.73 Å². The maximum atomic E-state index is 8.67. The van der Waals surface area contributed by atoms with E-state index < -0.39 is 0 Å². The SMILES string of the molecule is C/C(C#N)=C(/N)c1ccc(Br)cc1Cl. The maximum Gasteiger partial charge on any atom is 0.0965 e. The van der Waals surface area contributed by atoms with Crippen LogP contribution >= 0.6 is 27.5 Å². The van der Waals surface area contributed by atoms with Gasteiger partial charge in [-0.3, -0.25) is 0 Å². The summed E-state index contributed by atoms with van der Waals surface area (Å²) in [5, 5.41) is 9.21. The standard InChI is InChI=1S/C10H8BrClN2/c1-6(5-13)10(14)8-3-2-7(11)4-9(8)12/h2-4H,14H2,1H3/b10-6-. The number of nitrogens with zero attached hydrogens (tertiary/aromatic N) is 1. The molecule has 0 unspecified atom stereocenters. The molecule has 0 aromatic heterocycles. The van der Waals surface area contributed by atoms with Gasteiger partial charge in [0.25, 0.3) is 0 Å². The van der Waals surface area contributed by atoms with E-state index in [0.29, 0.717) is 21.9 Å². The summed E-state index contributed by atoms with van der Waals surface area (Å²) >= 11 is 9.27. The number of hydrogen-bond acceptors (Lipinski definition) is 2. The predicted octanol–water partition coefficient (Wildman–Crippen LogP) is 3.32. The molecule has 1 aromatic carbocycles. The molecule has 0 bridgehead atoms. The van der Waals surface area contributed by atoms with Crippen molar-refractivity contribution in [1.82, 2.24) is 0 Å². The maximum absolute atomic E-state index is 8.67. The number of hydrogen-bond donors (Lipinski definition) is 1. The average Bonchev–Trinajstić information content (AvgIpc) is 2.15. The molecular weight excluding hydrogens is 263 g/mol. The Balaban J connectivity index is 3.29. The number of rotatable bonds is 1. The predicted molar refractivity (Wildman–Crippen MR) is 61.5 cm³/mol. The average molecular weight is 272 g/mol. The van der Waals surface area contributed by atoms with Crippen molar-refractivity contribution >= 4 is 33.2 Å². The summed E-state index contributed by atoms with van der Waals surface area (Å²) in [5.74, 6) is 0. The van der Waals surface area contributed by atoms with Gasteiger partial charge in [0, 0.05) is 15.6 Å². The fourth-order valence-electron chi connectivity index (χ4n) is 0.970. The van der Waals surface area contributed by atoms with Crippen molar-refractivity contribution in [1.29, 1.82) is 5.26 Å². The summed E-state index contributed by atoms with van der Waals surface area (Å²) in [6.45, 7) is 1.66. The number of nitriles is 1. The molecule has 4 heteroatoms. The molecule has 2 N–H and O–H groups in total. The van der Waals surface area contributed by atoms with Gasteiger partial charge in [0.1, 0.15) is 0 Å². The van der Waals surface area contributed by atoms with Gasteiger partial charge in [-0.2, -0.15) is 5.26 Å². The van der Waals surface area contributed by atoms with Crippen molar-refractivity contribution in [2.45, 2.75) is 6.92 Å². The van der Waals surface area contributed by atoms with Gasteiger partial charge in [0.05, 0.1) is 16.8 Å². The fourth-order valence-corrected chi connectivity index (χ4v) is 1.75. The van der Waals surface area contributed by atoms with E-state index in [1.807, 2.05) is 12.1 Å².